The number of benzene rings is 3. The first-order chi connectivity index (χ1) is 15.5. The fraction of sp³-hybridized carbons (Fsp3) is 0.120. The third-order valence-corrected chi connectivity index (χ3v) is 6.08. The molecule has 0 atom stereocenters. The van der Waals surface area contributed by atoms with Crippen molar-refractivity contribution >= 4 is 40.2 Å². The maximum atomic E-state index is 13.2. The molecule has 7 heteroatoms. The number of carbonyl (C=O) groups excluding carboxylic acids is 1. The van der Waals surface area contributed by atoms with Crippen LogP contribution in [0, 0.1) is 5.82 Å². The van der Waals surface area contributed by atoms with Crippen LogP contribution in [-0.4, -0.2) is 18.1 Å². The summed E-state index contributed by atoms with van der Waals surface area (Å²) in [6.45, 7) is 0.247. The third-order valence-electron chi connectivity index (χ3n) is 4.79. The minimum atomic E-state index is -0.532. The van der Waals surface area contributed by atoms with Gasteiger partial charge in [-0.15, -0.1) is 11.8 Å². The average molecular weight is 468 g/mol. The molecule has 0 bridgehead atoms. The second-order valence-electron chi connectivity index (χ2n) is 6.96. The number of aromatic nitrogens is 1. The van der Waals surface area contributed by atoms with Crippen molar-refractivity contribution in [1.29, 1.82) is 0 Å². The van der Waals surface area contributed by atoms with Gasteiger partial charge in [0, 0.05) is 16.2 Å². The molecule has 0 amide bonds. The number of thioether (sulfide) groups is 1. The summed E-state index contributed by atoms with van der Waals surface area (Å²) < 4.78 is 24.5. The number of hydrogen-bond donors (Lipinski definition) is 0. The number of rotatable bonds is 7. The highest BCUT2D eigenvalue weighted by molar-refractivity contribution is 7.98. The number of para-hydroxylation sites is 1. The van der Waals surface area contributed by atoms with Crippen molar-refractivity contribution in [2.24, 2.45) is 0 Å². The number of fused-ring (bicyclic) bond motifs is 1. The average Bonchev–Trinajstić information content (AvgIpc) is 2.82. The number of carbonyl (C=O) groups is 1. The summed E-state index contributed by atoms with van der Waals surface area (Å²) >= 11 is 7.34. The van der Waals surface area contributed by atoms with Crippen LogP contribution < -0.4 is 4.74 Å². The van der Waals surface area contributed by atoms with E-state index in [0.717, 1.165) is 11.1 Å². The number of methoxy groups -OCH3 is 1. The Hall–Kier alpha value is -3.09. The molecular weight excluding hydrogens is 449 g/mol. The number of hydrogen-bond acceptors (Lipinski definition) is 5. The molecule has 0 spiro atoms. The van der Waals surface area contributed by atoms with Crippen molar-refractivity contribution in [3.05, 3.63) is 100 Å². The number of nitrogens with zero attached hydrogens (tertiary/aromatic N) is 1. The summed E-state index contributed by atoms with van der Waals surface area (Å²) in [5, 5.41) is 1.84. The Kier molecular flexibility index (Phi) is 6.93. The lowest BCUT2D eigenvalue weighted by molar-refractivity contribution is 0.0590. The molecule has 0 aliphatic heterocycles. The van der Waals surface area contributed by atoms with E-state index in [9.17, 15) is 9.18 Å². The molecule has 0 saturated heterocycles. The second kappa shape index (κ2) is 10.0. The fourth-order valence-corrected chi connectivity index (χ4v) is 4.27. The number of esters is 1. The minimum absolute atomic E-state index is 0.247. The zero-order valence-corrected chi connectivity index (χ0v) is 18.8. The van der Waals surface area contributed by atoms with E-state index in [-0.39, 0.29) is 18.0 Å². The molecule has 4 aromatic rings. The summed E-state index contributed by atoms with van der Waals surface area (Å²) in [6.07, 6.45) is 0. The molecule has 0 saturated carbocycles. The van der Waals surface area contributed by atoms with Crippen molar-refractivity contribution in [2.75, 3.05) is 7.11 Å². The lowest BCUT2D eigenvalue weighted by Gasteiger charge is -2.16. The quantitative estimate of drug-likeness (QED) is 0.224. The van der Waals surface area contributed by atoms with Crippen LogP contribution in [-0.2, 0) is 17.1 Å². The Bertz CT molecular complexity index is 1250. The highest BCUT2D eigenvalue weighted by atomic mass is 35.5. The standard InChI is InChI=1S/C25H19ClFNO3S/c1-30-25(29)22-23(31-14-16-6-10-18(26)11-7-16)20-4-2-3-5-21(20)28-24(22)32-15-17-8-12-19(27)13-9-17/h2-13H,14-15H2,1H3. The molecule has 1 aromatic heterocycles. The Balaban J connectivity index is 1.73. The fourth-order valence-electron chi connectivity index (χ4n) is 3.17. The normalized spacial score (nSPS) is 10.8. The lowest BCUT2D eigenvalue weighted by atomic mass is 10.1. The van der Waals surface area contributed by atoms with Crippen LogP contribution in [0.15, 0.2) is 77.8 Å². The lowest BCUT2D eigenvalue weighted by Crippen LogP contribution is -2.10. The molecule has 0 N–H and O–H groups in total. The van der Waals surface area contributed by atoms with Gasteiger partial charge >= 0.3 is 5.97 Å². The summed E-state index contributed by atoms with van der Waals surface area (Å²) in [4.78, 5) is 17.5. The van der Waals surface area contributed by atoms with Gasteiger partial charge in [0.1, 0.15) is 28.8 Å². The topological polar surface area (TPSA) is 48.4 Å². The van der Waals surface area contributed by atoms with Gasteiger partial charge in [0.05, 0.1) is 12.6 Å². The number of pyridine rings is 1. The maximum Gasteiger partial charge on any atom is 0.344 e. The van der Waals surface area contributed by atoms with E-state index in [1.807, 2.05) is 36.4 Å². The van der Waals surface area contributed by atoms with Gasteiger partial charge in [-0.05, 0) is 47.5 Å². The van der Waals surface area contributed by atoms with Crippen molar-refractivity contribution in [3.8, 4) is 5.75 Å². The van der Waals surface area contributed by atoms with Crippen LogP contribution in [0.4, 0.5) is 4.39 Å². The van der Waals surface area contributed by atoms with E-state index in [2.05, 4.69) is 0 Å². The van der Waals surface area contributed by atoms with Gasteiger partial charge in [-0.3, -0.25) is 0 Å². The summed E-state index contributed by atoms with van der Waals surface area (Å²) in [7, 11) is 1.33. The molecule has 0 radical (unpaired) electrons. The van der Waals surface area contributed by atoms with Gasteiger partial charge in [-0.25, -0.2) is 14.2 Å². The van der Waals surface area contributed by atoms with Gasteiger partial charge in [0.25, 0.3) is 0 Å². The first kappa shape index (κ1) is 22.1. The predicted molar refractivity (Wildman–Crippen MR) is 125 cm³/mol. The summed E-state index contributed by atoms with van der Waals surface area (Å²) in [5.41, 5.74) is 2.79. The van der Waals surface area contributed by atoms with Crippen LogP contribution >= 0.6 is 23.4 Å². The van der Waals surface area contributed by atoms with E-state index >= 15 is 0 Å². The van der Waals surface area contributed by atoms with Crippen LogP contribution in [0.3, 0.4) is 0 Å². The Morgan fingerprint density at radius 3 is 2.41 bits per heavy atom. The summed E-state index contributed by atoms with van der Waals surface area (Å²) in [6, 6.07) is 21.0. The molecular formula is C25H19ClFNO3S. The van der Waals surface area contributed by atoms with Crippen LogP contribution in [0.2, 0.25) is 5.02 Å². The predicted octanol–water partition coefficient (Wildman–Crippen LogP) is 6.69. The zero-order valence-electron chi connectivity index (χ0n) is 17.2. The smallest absolute Gasteiger partial charge is 0.344 e. The largest absolute Gasteiger partial charge is 0.487 e. The first-order valence-electron chi connectivity index (χ1n) is 9.80. The SMILES string of the molecule is COC(=O)c1c(SCc2ccc(F)cc2)nc2ccccc2c1OCc1ccc(Cl)cc1. The molecule has 4 rings (SSSR count). The van der Waals surface area contributed by atoms with Crippen molar-refractivity contribution in [1.82, 2.24) is 4.98 Å². The molecule has 0 aliphatic rings. The van der Waals surface area contributed by atoms with Crippen molar-refractivity contribution in [2.45, 2.75) is 17.4 Å². The van der Waals surface area contributed by atoms with Crippen LogP contribution in [0.5, 0.6) is 5.75 Å². The van der Waals surface area contributed by atoms with Gasteiger partial charge in [-0.2, -0.15) is 0 Å². The van der Waals surface area contributed by atoms with E-state index in [4.69, 9.17) is 26.1 Å². The molecule has 0 unspecified atom stereocenters. The van der Waals surface area contributed by atoms with Gasteiger partial charge < -0.3 is 9.47 Å². The maximum absolute atomic E-state index is 13.2. The van der Waals surface area contributed by atoms with E-state index < -0.39 is 5.97 Å². The monoisotopic (exact) mass is 467 g/mol. The number of ether oxygens (including phenoxy) is 2. The molecule has 3 aromatic carbocycles. The molecule has 4 nitrogen and oxygen atoms in total. The number of halogens is 2. The van der Waals surface area contributed by atoms with Gasteiger partial charge in [0.15, 0.2) is 0 Å². The molecule has 162 valence electrons. The van der Waals surface area contributed by atoms with Crippen LogP contribution in [0.1, 0.15) is 21.5 Å². The van der Waals surface area contributed by atoms with E-state index in [1.165, 1.54) is 31.0 Å². The summed E-state index contributed by atoms with van der Waals surface area (Å²) in [5.74, 6) is 0.0948. The minimum Gasteiger partial charge on any atom is -0.487 e. The Labute approximate surface area is 194 Å². The van der Waals surface area contributed by atoms with Crippen molar-refractivity contribution < 1.29 is 18.7 Å². The highest BCUT2D eigenvalue weighted by Gasteiger charge is 2.24. The Morgan fingerprint density at radius 1 is 1.00 bits per heavy atom. The second-order valence-corrected chi connectivity index (χ2v) is 8.36. The first-order valence-corrected chi connectivity index (χ1v) is 11.2. The Morgan fingerprint density at radius 2 is 1.69 bits per heavy atom. The van der Waals surface area contributed by atoms with Gasteiger partial charge in [0.2, 0.25) is 0 Å². The molecule has 1 heterocycles. The zero-order chi connectivity index (χ0) is 22.5. The molecule has 32 heavy (non-hydrogen) atoms. The van der Waals surface area contributed by atoms with E-state index in [1.54, 1.807) is 24.3 Å². The van der Waals surface area contributed by atoms with Crippen LogP contribution in [0.25, 0.3) is 10.9 Å². The van der Waals surface area contributed by atoms with Crippen molar-refractivity contribution in [3.63, 3.8) is 0 Å². The molecule has 0 fully saturated rings. The highest BCUT2D eigenvalue weighted by Crippen LogP contribution is 2.37. The molecule has 0 aliphatic carbocycles. The van der Waals surface area contributed by atoms with Gasteiger partial charge in [-0.1, -0.05) is 48.0 Å². The van der Waals surface area contributed by atoms with E-state index in [0.29, 0.717) is 32.5 Å². The third kappa shape index (κ3) is 5.03.